The quantitative estimate of drug-likeness (QED) is 0.291. The van der Waals surface area contributed by atoms with Crippen LogP contribution < -0.4 is 10.4 Å². The largest absolute Gasteiger partial charge is 0.361 e. The van der Waals surface area contributed by atoms with E-state index in [9.17, 15) is 9.59 Å². The van der Waals surface area contributed by atoms with Crippen molar-refractivity contribution < 1.29 is 14.8 Å². The van der Waals surface area contributed by atoms with Gasteiger partial charge in [-0.1, -0.05) is 18.9 Å². The smallest absolute Gasteiger partial charge is 0.268 e. The molecular formula is C20H23N3O3S. The average molecular weight is 385 g/mol. The molecule has 0 aliphatic rings. The Bertz CT molecular complexity index is 889. The van der Waals surface area contributed by atoms with Crippen LogP contribution in [0.25, 0.3) is 10.9 Å². The molecule has 142 valence electrons. The van der Waals surface area contributed by atoms with Crippen LogP contribution in [0.2, 0.25) is 0 Å². The molecule has 0 unspecified atom stereocenters. The molecule has 0 aliphatic heterocycles. The number of benzene rings is 1. The molecule has 2 aromatic heterocycles. The number of aromatic amines is 1. The number of aromatic nitrogens is 1. The van der Waals surface area contributed by atoms with Crippen LogP contribution in [0, 0.1) is 0 Å². The number of H-pyrrole nitrogens is 1. The SMILES string of the molecule is O=C(CCCCCCN(C(=O)c1cccs1)c1ccc2[nH]ccc2c1)NO. The average Bonchev–Trinajstić information content (AvgIpc) is 3.37. The van der Waals surface area contributed by atoms with Gasteiger partial charge in [0.05, 0.1) is 4.88 Å². The zero-order valence-electron chi connectivity index (χ0n) is 15.0. The maximum atomic E-state index is 13.0. The standard InChI is InChI=1S/C20H23N3O3S/c24-19(22-26)7-3-1-2-4-12-23(20(25)18-6-5-13-27-18)16-8-9-17-15(14-16)10-11-21-17/h5-6,8-11,13-14,21,26H,1-4,7,12H2,(H,22,24). The first kappa shape index (κ1) is 19.1. The van der Waals surface area contributed by atoms with Gasteiger partial charge in [-0.05, 0) is 48.6 Å². The number of anilines is 1. The first-order valence-electron chi connectivity index (χ1n) is 9.04. The van der Waals surface area contributed by atoms with Crippen molar-refractivity contribution in [2.75, 3.05) is 11.4 Å². The van der Waals surface area contributed by atoms with Gasteiger partial charge in [0.25, 0.3) is 5.91 Å². The van der Waals surface area contributed by atoms with Crippen LogP contribution in [0.5, 0.6) is 0 Å². The predicted octanol–water partition coefficient (Wildman–Crippen LogP) is 4.33. The molecule has 3 rings (SSSR count). The van der Waals surface area contributed by atoms with Crippen LogP contribution in [0.1, 0.15) is 41.8 Å². The van der Waals surface area contributed by atoms with Gasteiger partial charge in [0.1, 0.15) is 0 Å². The van der Waals surface area contributed by atoms with E-state index in [0.717, 1.165) is 47.2 Å². The Kier molecular flexibility index (Phi) is 6.62. The summed E-state index contributed by atoms with van der Waals surface area (Å²) in [4.78, 5) is 29.7. The first-order valence-corrected chi connectivity index (χ1v) is 9.92. The first-order chi connectivity index (χ1) is 13.2. The van der Waals surface area contributed by atoms with E-state index >= 15 is 0 Å². The topological polar surface area (TPSA) is 85.4 Å². The van der Waals surface area contributed by atoms with Gasteiger partial charge in [0, 0.05) is 35.8 Å². The molecule has 7 heteroatoms. The fourth-order valence-electron chi connectivity index (χ4n) is 3.05. The number of rotatable bonds is 9. The Balaban J connectivity index is 1.65. The number of hydrogen-bond acceptors (Lipinski definition) is 4. The van der Waals surface area contributed by atoms with Crippen molar-refractivity contribution in [3.8, 4) is 0 Å². The van der Waals surface area contributed by atoms with E-state index < -0.39 is 0 Å². The molecule has 27 heavy (non-hydrogen) atoms. The van der Waals surface area contributed by atoms with Gasteiger partial charge in [-0.25, -0.2) is 5.48 Å². The zero-order chi connectivity index (χ0) is 19.1. The Hall–Kier alpha value is -2.64. The van der Waals surface area contributed by atoms with Crippen LogP contribution in [0.15, 0.2) is 48.0 Å². The van der Waals surface area contributed by atoms with Crippen molar-refractivity contribution in [1.82, 2.24) is 10.5 Å². The molecule has 3 N–H and O–H groups in total. The molecule has 0 fully saturated rings. The summed E-state index contributed by atoms with van der Waals surface area (Å²) >= 11 is 1.45. The molecule has 0 radical (unpaired) electrons. The Morgan fingerprint density at radius 1 is 1.11 bits per heavy atom. The van der Waals surface area contributed by atoms with E-state index in [1.807, 2.05) is 52.9 Å². The number of carbonyl (C=O) groups excluding carboxylic acids is 2. The monoisotopic (exact) mass is 385 g/mol. The van der Waals surface area contributed by atoms with Crippen LogP contribution in [0.3, 0.4) is 0 Å². The minimum Gasteiger partial charge on any atom is -0.361 e. The minimum absolute atomic E-state index is 0.0135. The lowest BCUT2D eigenvalue weighted by Gasteiger charge is -2.22. The maximum Gasteiger partial charge on any atom is 0.268 e. The van der Waals surface area contributed by atoms with Crippen molar-refractivity contribution in [2.45, 2.75) is 32.1 Å². The van der Waals surface area contributed by atoms with Crippen LogP contribution in [-0.2, 0) is 4.79 Å². The molecule has 0 spiro atoms. The summed E-state index contributed by atoms with van der Waals surface area (Å²) in [5.41, 5.74) is 3.58. The van der Waals surface area contributed by atoms with Crippen molar-refractivity contribution >= 4 is 39.7 Å². The zero-order valence-corrected chi connectivity index (χ0v) is 15.8. The Morgan fingerprint density at radius 2 is 1.96 bits per heavy atom. The molecule has 2 amide bonds. The van der Waals surface area contributed by atoms with Crippen LogP contribution >= 0.6 is 11.3 Å². The third-order valence-electron chi connectivity index (χ3n) is 4.49. The van der Waals surface area contributed by atoms with Gasteiger partial charge in [-0.3, -0.25) is 14.8 Å². The van der Waals surface area contributed by atoms with Gasteiger partial charge in [0.15, 0.2) is 0 Å². The van der Waals surface area contributed by atoms with E-state index in [2.05, 4.69) is 4.98 Å². The van der Waals surface area contributed by atoms with Gasteiger partial charge in [0.2, 0.25) is 5.91 Å². The normalized spacial score (nSPS) is 10.9. The van der Waals surface area contributed by atoms with Gasteiger partial charge < -0.3 is 9.88 Å². The molecule has 1 aromatic carbocycles. The fourth-order valence-corrected chi connectivity index (χ4v) is 3.73. The van der Waals surface area contributed by atoms with Crippen LogP contribution in [-0.4, -0.2) is 28.6 Å². The second-order valence-corrected chi connectivity index (χ2v) is 7.33. The van der Waals surface area contributed by atoms with Crippen molar-refractivity contribution in [2.24, 2.45) is 0 Å². The molecule has 2 heterocycles. The van der Waals surface area contributed by atoms with E-state index in [1.165, 1.54) is 11.3 Å². The van der Waals surface area contributed by atoms with Gasteiger partial charge in [-0.15, -0.1) is 11.3 Å². The second-order valence-electron chi connectivity index (χ2n) is 6.38. The molecule has 0 atom stereocenters. The molecule has 3 aromatic rings. The van der Waals surface area contributed by atoms with Crippen molar-refractivity contribution in [1.29, 1.82) is 0 Å². The third kappa shape index (κ3) is 4.96. The number of thiophene rings is 1. The summed E-state index contributed by atoms with van der Waals surface area (Å²) in [7, 11) is 0. The van der Waals surface area contributed by atoms with Gasteiger partial charge >= 0.3 is 0 Å². The lowest BCUT2D eigenvalue weighted by Crippen LogP contribution is -2.31. The molecular weight excluding hydrogens is 362 g/mol. The lowest BCUT2D eigenvalue weighted by atomic mass is 10.1. The van der Waals surface area contributed by atoms with Gasteiger partial charge in [-0.2, -0.15) is 0 Å². The summed E-state index contributed by atoms with van der Waals surface area (Å²) in [6, 6.07) is 11.7. The van der Waals surface area contributed by atoms with Crippen molar-refractivity contribution in [3.05, 3.63) is 52.9 Å². The predicted molar refractivity (Wildman–Crippen MR) is 107 cm³/mol. The fraction of sp³-hybridized carbons (Fsp3) is 0.300. The second kappa shape index (κ2) is 9.34. The summed E-state index contributed by atoms with van der Waals surface area (Å²) in [5, 5.41) is 11.5. The highest BCUT2D eigenvalue weighted by molar-refractivity contribution is 7.12. The summed E-state index contributed by atoms with van der Waals surface area (Å²) in [6.07, 6.45) is 5.58. The third-order valence-corrected chi connectivity index (χ3v) is 5.34. The van der Waals surface area contributed by atoms with E-state index in [4.69, 9.17) is 5.21 Å². The molecule has 0 aliphatic carbocycles. The number of nitrogens with one attached hydrogen (secondary N) is 2. The lowest BCUT2D eigenvalue weighted by molar-refractivity contribution is -0.129. The Morgan fingerprint density at radius 3 is 2.74 bits per heavy atom. The molecule has 6 nitrogen and oxygen atoms in total. The number of nitrogens with zero attached hydrogens (tertiary/aromatic N) is 1. The summed E-state index contributed by atoms with van der Waals surface area (Å²) < 4.78 is 0. The van der Waals surface area contributed by atoms with E-state index in [1.54, 1.807) is 5.48 Å². The van der Waals surface area contributed by atoms with Crippen LogP contribution in [0.4, 0.5) is 5.69 Å². The highest BCUT2D eigenvalue weighted by atomic mass is 32.1. The van der Waals surface area contributed by atoms with E-state index in [-0.39, 0.29) is 11.8 Å². The minimum atomic E-state index is -0.357. The number of amides is 2. The number of carbonyl (C=O) groups is 2. The summed E-state index contributed by atoms with van der Waals surface area (Å²) in [6.45, 7) is 0.624. The number of fused-ring (bicyclic) bond motifs is 1. The number of hydrogen-bond donors (Lipinski definition) is 3. The maximum absolute atomic E-state index is 13.0. The number of unbranched alkanes of at least 4 members (excludes halogenated alkanes) is 3. The Labute approximate surface area is 161 Å². The van der Waals surface area contributed by atoms with E-state index in [0.29, 0.717) is 13.0 Å². The number of hydroxylamine groups is 1. The molecule has 0 saturated heterocycles. The highest BCUT2D eigenvalue weighted by Gasteiger charge is 2.18. The molecule has 0 saturated carbocycles. The molecule has 0 bridgehead atoms. The van der Waals surface area contributed by atoms with Crippen molar-refractivity contribution in [3.63, 3.8) is 0 Å². The summed E-state index contributed by atoms with van der Waals surface area (Å²) in [5.74, 6) is -0.344. The highest BCUT2D eigenvalue weighted by Crippen LogP contribution is 2.25.